The van der Waals surface area contributed by atoms with Crippen LogP contribution in [-0.2, 0) is 4.74 Å². The summed E-state index contributed by atoms with van der Waals surface area (Å²) in [6.07, 6.45) is 1.10. The Labute approximate surface area is 68.5 Å². The molecule has 3 heteroatoms. The third-order valence-corrected chi connectivity index (χ3v) is 2.25. The molecule has 1 atom stereocenters. The number of morpholine rings is 1. The van der Waals surface area contributed by atoms with Gasteiger partial charge in [-0.25, -0.2) is 0 Å². The largest absolute Gasteiger partial charge is 0.379 e. The van der Waals surface area contributed by atoms with E-state index in [1.54, 1.807) is 0 Å². The SMILES string of the molecule is C[C@H](CCN)N1CCOCC1. The van der Waals surface area contributed by atoms with Gasteiger partial charge < -0.3 is 10.5 Å². The van der Waals surface area contributed by atoms with Crippen LogP contribution in [0.3, 0.4) is 0 Å². The van der Waals surface area contributed by atoms with Crippen LogP contribution in [0.1, 0.15) is 13.3 Å². The summed E-state index contributed by atoms with van der Waals surface area (Å²) in [6, 6.07) is 0.629. The molecule has 1 aliphatic rings. The molecule has 1 fully saturated rings. The molecule has 1 saturated heterocycles. The lowest BCUT2D eigenvalue weighted by atomic mass is 10.2. The summed E-state index contributed by atoms with van der Waals surface area (Å²) < 4.78 is 5.26. The van der Waals surface area contributed by atoms with Crippen molar-refractivity contribution in [2.75, 3.05) is 32.8 Å². The molecule has 66 valence electrons. The second-order valence-electron chi connectivity index (χ2n) is 3.07. The van der Waals surface area contributed by atoms with Crippen molar-refractivity contribution in [3.05, 3.63) is 0 Å². The Bertz CT molecular complexity index is 102. The summed E-state index contributed by atoms with van der Waals surface area (Å²) in [4.78, 5) is 2.44. The second kappa shape index (κ2) is 4.70. The van der Waals surface area contributed by atoms with Crippen LogP contribution in [0.4, 0.5) is 0 Å². The third kappa shape index (κ3) is 2.77. The van der Waals surface area contributed by atoms with E-state index in [1.165, 1.54) is 0 Å². The fraction of sp³-hybridized carbons (Fsp3) is 1.00. The fourth-order valence-corrected chi connectivity index (χ4v) is 1.44. The normalized spacial score (nSPS) is 23.5. The Morgan fingerprint density at radius 3 is 2.64 bits per heavy atom. The van der Waals surface area contributed by atoms with Crippen LogP contribution >= 0.6 is 0 Å². The van der Waals surface area contributed by atoms with Crippen LogP contribution in [0.25, 0.3) is 0 Å². The molecule has 1 heterocycles. The zero-order valence-electron chi connectivity index (χ0n) is 7.25. The average Bonchev–Trinajstić information content (AvgIpc) is 2.07. The van der Waals surface area contributed by atoms with Crippen LogP contribution in [0.2, 0.25) is 0 Å². The molecule has 11 heavy (non-hydrogen) atoms. The van der Waals surface area contributed by atoms with E-state index in [2.05, 4.69) is 11.8 Å². The highest BCUT2D eigenvalue weighted by atomic mass is 16.5. The minimum absolute atomic E-state index is 0.629. The van der Waals surface area contributed by atoms with Crippen molar-refractivity contribution in [2.45, 2.75) is 19.4 Å². The highest BCUT2D eigenvalue weighted by molar-refractivity contribution is 4.69. The first-order valence-corrected chi connectivity index (χ1v) is 4.36. The summed E-state index contributed by atoms with van der Waals surface area (Å²) in [5, 5.41) is 0. The quantitative estimate of drug-likeness (QED) is 0.631. The van der Waals surface area contributed by atoms with Gasteiger partial charge in [0.2, 0.25) is 0 Å². The van der Waals surface area contributed by atoms with Gasteiger partial charge in [-0.3, -0.25) is 4.90 Å². The number of hydrogen-bond acceptors (Lipinski definition) is 3. The first kappa shape index (κ1) is 8.97. The summed E-state index contributed by atoms with van der Waals surface area (Å²) >= 11 is 0. The number of hydrogen-bond donors (Lipinski definition) is 1. The average molecular weight is 158 g/mol. The molecule has 0 aromatic rings. The lowest BCUT2D eigenvalue weighted by molar-refractivity contribution is 0.0191. The third-order valence-electron chi connectivity index (χ3n) is 2.25. The van der Waals surface area contributed by atoms with E-state index in [4.69, 9.17) is 10.5 Å². The molecule has 0 saturated carbocycles. The van der Waals surface area contributed by atoms with Gasteiger partial charge in [-0.05, 0) is 19.9 Å². The predicted octanol–water partition coefficient (Wildman–Crippen LogP) is 0.0559. The van der Waals surface area contributed by atoms with Crippen molar-refractivity contribution >= 4 is 0 Å². The number of nitrogens with zero attached hydrogens (tertiary/aromatic N) is 1. The number of rotatable bonds is 3. The van der Waals surface area contributed by atoms with Gasteiger partial charge in [0, 0.05) is 19.1 Å². The summed E-state index contributed by atoms with van der Waals surface area (Å²) in [5.41, 5.74) is 5.48. The Kier molecular flexibility index (Phi) is 3.83. The van der Waals surface area contributed by atoms with Crippen LogP contribution in [0, 0.1) is 0 Å². The van der Waals surface area contributed by atoms with Gasteiger partial charge in [-0.15, -0.1) is 0 Å². The first-order chi connectivity index (χ1) is 5.34. The predicted molar refractivity (Wildman–Crippen MR) is 45.5 cm³/mol. The minimum atomic E-state index is 0.629. The van der Waals surface area contributed by atoms with Gasteiger partial charge in [-0.2, -0.15) is 0 Å². The molecule has 0 bridgehead atoms. The van der Waals surface area contributed by atoms with E-state index >= 15 is 0 Å². The van der Waals surface area contributed by atoms with Crippen LogP contribution in [-0.4, -0.2) is 43.8 Å². The Morgan fingerprint density at radius 1 is 1.45 bits per heavy atom. The maximum atomic E-state index is 5.48. The van der Waals surface area contributed by atoms with Crippen molar-refractivity contribution in [3.63, 3.8) is 0 Å². The van der Waals surface area contributed by atoms with Gasteiger partial charge >= 0.3 is 0 Å². The number of nitrogens with two attached hydrogens (primary N) is 1. The Hall–Kier alpha value is -0.120. The molecule has 0 aromatic carbocycles. The van der Waals surface area contributed by atoms with Crippen LogP contribution in [0.15, 0.2) is 0 Å². The van der Waals surface area contributed by atoms with Gasteiger partial charge in [0.05, 0.1) is 13.2 Å². The Morgan fingerprint density at radius 2 is 2.09 bits per heavy atom. The van der Waals surface area contributed by atoms with Crippen molar-refractivity contribution < 1.29 is 4.74 Å². The zero-order valence-corrected chi connectivity index (χ0v) is 7.25. The van der Waals surface area contributed by atoms with Gasteiger partial charge in [0.1, 0.15) is 0 Å². The fourth-order valence-electron chi connectivity index (χ4n) is 1.44. The Balaban J connectivity index is 2.21. The van der Waals surface area contributed by atoms with E-state index in [0.29, 0.717) is 6.04 Å². The minimum Gasteiger partial charge on any atom is -0.379 e. The van der Waals surface area contributed by atoms with E-state index in [-0.39, 0.29) is 0 Å². The molecule has 0 unspecified atom stereocenters. The second-order valence-corrected chi connectivity index (χ2v) is 3.07. The highest BCUT2D eigenvalue weighted by Crippen LogP contribution is 2.05. The molecule has 1 rings (SSSR count). The zero-order chi connectivity index (χ0) is 8.10. The van der Waals surface area contributed by atoms with Crippen LogP contribution in [0.5, 0.6) is 0 Å². The van der Waals surface area contributed by atoms with Crippen LogP contribution < -0.4 is 5.73 Å². The summed E-state index contributed by atoms with van der Waals surface area (Å²) in [7, 11) is 0. The molecule has 0 spiro atoms. The molecular weight excluding hydrogens is 140 g/mol. The van der Waals surface area contributed by atoms with Gasteiger partial charge in [0.15, 0.2) is 0 Å². The van der Waals surface area contributed by atoms with E-state index in [1.807, 2.05) is 0 Å². The van der Waals surface area contributed by atoms with E-state index in [0.717, 1.165) is 39.3 Å². The van der Waals surface area contributed by atoms with Crippen molar-refractivity contribution in [2.24, 2.45) is 5.73 Å². The topological polar surface area (TPSA) is 38.5 Å². The number of ether oxygens (including phenoxy) is 1. The van der Waals surface area contributed by atoms with Crippen molar-refractivity contribution in [1.29, 1.82) is 0 Å². The maximum Gasteiger partial charge on any atom is 0.0594 e. The molecule has 1 aliphatic heterocycles. The molecule has 0 radical (unpaired) electrons. The lowest BCUT2D eigenvalue weighted by Crippen LogP contribution is -2.42. The highest BCUT2D eigenvalue weighted by Gasteiger charge is 2.15. The summed E-state index contributed by atoms with van der Waals surface area (Å²) in [5.74, 6) is 0. The van der Waals surface area contributed by atoms with Gasteiger partial charge in [-0.1, -0.05) is 0 Å². The first-order valence-electron chi connectivity index (χ1n) is 4.36. The smallest absolute Gasteiger partial charge is 0.0594 e. The van der Waals surface area contributed by atoms with Gasteiger partial charge in [0.25, 0.3) is 0 Å². The molecule has 0 aliphatic carbocycles. The van der Waals surface area contributed by atoms with Crippen molar-refractivity contribution in [3.8, 4) is 0 Å². The molecule has 0 aromatic heterocycles. The summed E-state index contributed by atoms with van der Waals surface area (Å²) in [6.45, 7) is 6.93. The maximum absolute atomic E-state index is 5.48. The molecule has 3 nitrogen and oxygen atoms in total. The molecule has 2 N–H and O–H groups in total. The van der Waals surface area contributed by atoms with Crippen molar-refractivity contribution in [1.82, 2.24) is 4.90 Å². The lowest BCUT2D eigenvalue weighted by Gasteiger charge is -2.31. The van der Waals surface area contributed by atoms with E-state index in [9.17, 15) is 0 Å². The standard InChI is InChI=1S/C8H18N2O/c1-8(2-3-9)10-4-6-11-7-5-10/h8H,2-7,9H2,1H3/t8-/m1/s1. The monoisotopic (exact) mass is 158 g/mol. The molecule has 0 amide bonds. The van der Waals surface area contributed by atoms with E-state index < -0.39 is 0 Å². The molecular formula is C8H18N2O.